The van der Waals surface area contributed by atoms with Gasteiger partial charge in [0, 0.05) is 12.0 Å². The van der Waals surface area contributed by atoms with Crippen molar-refractivity contribution in [3.63, 3.8) is 0 Å². The van der Waals surface area contributed by atoms with Gasteiger partial charge in [0.1, 0.15) is 11.1 Å². The van der Waals surface area contributed by atoms with Crippen LogP contribution in [0.4, 0.5) is 0 Å². The van der Waals surface area contributed by atoms with Gasteiger partial charge in [-0.1, -0.05) is 113 Å². The zero-order valence-corrected chi connectivity index (χ0v) is 39.8. The third-order valence-corrected chi connectivity index (χ3v) is 11.9. The van der Waals surface area contributed by atoms with Gasteiger partial charge in [-0.3, -0.25) is 9.59 Å². The number of hydrogen-bond acceptors (Lipinski definition) is 14. The minimum absolute atomic E-state index is 0.273. The van der Waals surface area contributed by atoms with Crippen molar-refractivity contribution in [2.24, 2.45) is 11.5 Å². The fourth-order valence-electron chi connectivity index (χ4n) is 7.75. The predicted octanol–water partition coefficient (Wildman–Crippen LogP) is 4.63. The van der Waals surface area contributed by atoms with E-state index >= 15 is 0 Å². The zero-order chi connectivity index (χ0) is 51.5. The molecule has 2 aromatic rings. The molecule has 2 aliphatic carbocycles. The minimum atomic E-state index is -2.27. The maximum atomic E-state index is 11.8. The monoisotopic (exact) mass is 959 g/mol. The number of carboxylic acid groups (broad SMARTS) is 4. The number of hydrogen-bond donors (Lipinski definition) is 10. The number of carboxylic acids is 4. The molecular formula is C50H74N2O16. The van der Waals surface area contributed by atoms with Gasteiger partial charge in [-0.15, -0.1) is 0 Å². The van der Waals surface area contributed by atoms with E-state index in [1.165, 1.54) is 102 Å². The Labute approximate surface area is 399 Å². The summed E-state index contributed by atoms with van der Waals surface area (Å²) in [5.74, 6) is -0.459. The summed E-state index contributed by atoms with van der Waals surface area (Å²) in [7, 11) is 2.82. The van der Waals surface area contributed by atoms with Crippen LogP contribution in [0.3, 0.4) is 0 Å². The molecule has 2 aromatic carbocycles. The normalized spacial score (nSPS) is 20.9. The first-order valence-corrected chi connectivity index (χ1v) is 23.2. The third kappa shape index (κ3) is 21.3. The summed E-state index contributed by atoms with van der Waals surface area (Å²) >= 11 is 0. The van der Waals surface area contributed by atoms with Crippen LogP contribution in [0.5, 0.6) is 0 Å². The lowest BCUT2D eigenvalue weighted by Crippen LogP contribution is -2.46. The Morgan fingerprint density at radius 1 is 0.574 bits per heavy atom. The number of aliphatic carboxylic acids is 4. The van der Waals surface area contributed by atoms with Crippen LogP contribution in [0.15, 0.2) is 48.5 Å². The molecule has 2 aliphatic rings. The number of esters is 2. The molecule has 0 radical (unpaired) electrons. The van der Waals surface area contributed by atoms with Gasteiger partial charge in [-0.05, 0) is 98.4 Å². The highest BCUT2D eigenvalue weighted by molar-refractivity contribution is 5.84. The number of aryl methyl sites for hydroxylation is 1. The van der Waals surface area contributed by atoms with Gasteiger partial charge < -0.3 is 61.8 Å². The lowest BCUT2D eigenvalue weighted by atomic mass is 9.92. The van der Waals surface area contributed by atoms with Crippen molar-refractivity contribution in [1.82, 2.24) is 0 Å². The summed E-state index contributed by atoms with van der Waals surface area (Å²) < 4.78 is 9.69. The maximum absolute atomic E-state index is 11.8. The van der Waals surface area contributed by atoms with Gasteiger partial charge >= 0.3 is 35.8 Å². The lowest BCUT2D eigenvalue weighted by molar-refractivity contribution is -0.165. The molecule has 0 amide bonds. The quantitative estimate of drug-likeness (QED) is 0.0463. The van der Waals surface area contributed by atoms with Crippen molar-refractivity contribution in [3.05, 3.63) is 70.8 Å². The van der Waals surface area contributed by atoms with Crippen molar-refractivity contribution < 1.29 is 79.1 Å². The van der Waals surface area contributed by atoms with E-state index in [2.05, 4.69) is 74.2 Å². The summed E-state index contributed by atoms with van der Waals surface area (Å²) in [6, 6.07) is 17.3. The number of carbonyl (C=O) groups is 6. The van der Waals surface area contributed by atoms with Crippen molar-refractivity contribution >= 4 is 35.8 Å². The molecule has 0 aliphatic heterocycles. The average Bonchev–Trinajstić information content (AvgIpc) is 3.94. The first-order valence-electron chi connectivity index (χ1n) is 23.2. The molecule has 0 aromatic heterocycles. The standard InChI is InChI=1S/C21H33NO2.C21H29NO2.2C4H6O6/c2*1-3-4-5-6-7-8-9-17-10-12-18(13-11-17)19-14-15-21(22,16-19)20(23)24-2;2*5-1(3(7)8)2(6)4(9)10/h10-13,19H,3-9,14-16,22H2,1-2H3;10-13,19H,3-7,14-16,22H2,1-2H3;2*1-2,5-6H,(H,7,8)(H,9,10)/t2*19-,21+;2*1-,2-/m0011/s1. The molecule has 68 heavy (non-hydrogen) atoms. The summed E-state index contributed by atoms with van der Waals surface area (Å²) in [5, 5.41) is 65.1. The first-order chi connectivity index (χ1) is 32.1. The third-order valence-electron chi connectivity index (χ3n) is 11.9. The highest BCUT2D eigenvalue weighted by Gasteiger charge is 2.44. The summed E-state index contributed by atoms with van der Waals surface area (Å²) in [6.45, 7) is 4.48. The summed E-state index contributed by atoms with van der Waals surface area (Å²) in [4.78, 5) is 62.7. The maximum Gasteiger partial charge on any atom is 0.335 e. The van der Waals surface area contributed by atoms with Crippen molar-refractivity contribution in [2.75, 3.05) is 14.2 Å². The number of benzene rings is 2. The molecule has 12 N–H and O–H groups in total. The van der Waals surface area contributed by atoms with E-state index in [-0.39, 0.29) is 11.9 Å². The van der Waals surface area contributed by atoms with E-state index in [0.717, 1.165) is 24.8 Å². The van der Waals surface area contributed by atoms with Gasteiger partial charge in [0.05, 0.1) is 14.2 Å². The van der Waals surface area contributed by atoms with Crippen LogP contribution < -0.4 is 11.5 Å². The fourth-order valence-corrected chi connectivity index (χ4v) is 7.75. The number of rotatable bonds is 21. The molecule has 18 nitrogen and oxygen atoms in total. The number of aliphatic hydroxyl groups is 4. The van der Waals surface area contributed by atoms with Crippen LogP contribution in [0, 0.1) is 11.8 Å². The average molecular weight is 959 g/mol. The number of aliphatic hydroxyl groups excluding tert-OH is 4. The van der Waals surface area contributed by atoms with Crippen LogP contribution in [-0.2, 0) is 44.7 Å². The van der Waals surface area contributed by atoms with Crippen molar-refractivity contribution in [1.29, 1.82) is 0 Å². The van der Waals surface area contributed by atoms with Gasteiger partial charge in [-0.25, -0.2) is 19.2 Å². The van der Waals surface area contributed by atoms with E-state index in [4.69, 9.17) is 61.8 Å². The Morgan fingerprint density at radius 3 is 1.29 bits per heavy atom. The van der Waals surface area contributed by atoms with E-state index < -0.39 is 59.4 Å². The Balaban J connectivity index is 0.000000492. The number of methoxy groups -OCH3 is 2. The molecule has 0 saturated heterocycles. The van der Waals surface area contributed by atoms with Crippen LogP contribution in [0.2, 0.25) is 0 Å². The van der Waals surface area contributed by atoms with E-state index in [1.54, 1.807) is 0 Å². The number of carbonyl (C=O) groups excluding carboxylic acids is 2. The highest BCUT2D eigenvalue weighted by atomic mass is 16.5. The van der Waals surface area contributed by atoms with Crippen LogP contribution in [-0.4, -0.2) is 126 Å². The Hall–Kier alpha value is -5.42. The summed E-state index contributed by atoms with van der Waals surface area (Å²) in [6.07, 6.45) is 10.7. The largest absolute Gasteiger partial charge is 0.479 e. The Morgan fingerprint density at radius 2 is 0.926 bits per heavy atom. The molecule has 0 bridgehead atoms. The SMILES string of the molecule is CCCCCCC#Cc1ccc([C@H]2CC[C@](N)(C(=O)OC)C2)cc1.CCCCCCCCc1ccc([C@H]2CC[C@](N)(C(=O)OC)C2)cc1.O=C(O)[C@H](O)[C@@H](O)C(=O)O.O=C(O)[C@H](O)[C@@H](O)C(=O)O. The molecule has 8 atom stereocenters. The van der Waals surface area contributed by atoms with Gasteiger partial charge in [-0.2, -0.15) is 0 Å². The van der Waals surface area contributed by atoms with Gasteiger partial charge in [0.25, 0.3) is 0 Å². The minimum Gasteiger partial charge on any atom is -0.479 e. The first kappa shape index (κ1) is 60.6. The lowest BCUT2D eigenvalue weighted by Gasteiger charge is -2.20. The highest BCUT2D eigenvalue weighted by Crippen LogP contribution is 2.41. The Bertz CT molecular complexity index is 1860. The number of nitrogens with two attached hydrogens (primary N) is 2. The molecule has 4 rings (SSSR count). The van der Waals surface area contributed by atoms with Gasteiger partial charge in [0.15, 0.2) is 24.4 Å². The number of unbranched alkanes of at least 4 members (excludes halogenated alkanes) is 9. The zero-order valence-electron chi connectivity index (χ0n) is 39.8. The van der Waals surface area contributed by atoms with E-state index in [1.807, 2.05) is 0 Å². The van der Waals surface area contributed by atoms with Gasteiger partial charge in [0.2, 0.25) is 0 Å². The molecule has 18 heteroatoms. The number of ether oxygens (including phenoxy) is 2. The molecule has 2 saturated carbocycles. The van der Waals surface area contributed by atoms with Crippen LogP contribution in [0.25, 0.3) is 0 Å². The summed E-state index contributed by atoms with van der Waals surface area (Å²) in [5.41, 5.74) is 15.8. The Kier molecular flexibility index (Phi) is 28.2. The fraction of sp³-hybridized carbons (Fsp3) is 0.600. The van der Waals surface area contributed by atoms with E-state index in [9.17, 15) is 28.8 Å². The molecule has 0 spiro atoms. The molecular weight excluding hydrogens is 885 g/mol. The topological polar surface area (TPSA) is 335 Å². The second-order valence-electron chi connectivity index (χ2n) is 17.3. The molecule has 0 heterocycles. The molecule has 0 unspecified atom stereocenters. The molecule has 380 valence electrons. The predicted molar refractivity (Wildman–Crippen MR) is 251 cm³/mol. The second kappa shape index (κ2) is 31.6. The van der Waals surface area contributed by atoms with Crippen molar-refractivity contribution in [2.45, 2.75) is 177 Å². The van der Waals surface area contributed by atoms with Crippen molar-refractivity contribution in [3.8, 4) is 11.8 Å². The second-order valence-corrected chi connectivity index (χ2v) is 17.3. The van der Waals surface area contributed by atoms with Crippen LogP contribution in [0.1, 0.15) is 157 Å². The van der Waals surface area contributed by atoms with Crippen LogP contribution >= 0.6 is 0 Å². The molecule has 2 fully saturated rings. The smallest absolute Gasteiger partial charge is 0.335 e. The van der Waals surface area contributed by atoms with E-state index in [0.29, 0.717) is 37.5 Å².